The lowest BCUT2D eigenvalue weighted by molar-refractivity contribution is -0.147. The average Bonchev–Trinajstić information content (AvgIpc) is 3.15. The van der Waals surface area contributed by atoms with Crippen molar-refractivity contribution in [2.75, 3.05) is 0 Å². The number of ether oxygens (including phenoxy) is 1. The van der Waals surface area contributed by atoms with Gasteiger partial charge in [0.15, 0.2) is 0 Å². The van der Waals surface area contributed by atoms with Crippen LogP contribution in [0.3, 0.4) is 0 Å². The van der Waals surface area contributed by atoms with E-state index < -0.39 is 23.4 Å². The molecule has 28 heavy (non-hydrogen) atoms. The zero-order valence-electron chi connectivity index (χ0n) is 15.1. The highest BCUT2D eigenvalue weighted by atomic mass is 79.9. The van der Waals surface area contributed by atoms with E-state index in [-0.39, 0.29) is 40.5 Å². The molecule has 0 spiro atoms. The molecule has 0 N–H and O–H groups in total. The Morgan fingerprint density at radius 1 is 1.14 bits per heavy atom. The predicted octanol–water partition coefficient (Wildman–Crippen LogP) is 6.72. The minimum Gasteiger partial charge on any atom is -0.460 e. The lowest BCUT2D eigenvalue weighted by Crippen LogP contribution is -2.11. The average molecular weight is 518 g/mol. The van der Waals surface area contributed by atoms with Crippen LogP contribution in [0, 0.1) is 34.7 Å². The maximum absolute atomic E-state index is 14.8. The fourth-order valence-electron chi connectivity index (χ4n) is 3.42. The summed E-state index contributed by atoms with van der Waals surface area (Å²) >= 11 is 6.58. The van der Waals surface area contributed by atoms with Crippen molar-refractivity contribution in [1.29, 1.82) is 0 Å². The number of carbonyl (C=O) groups is 1. The van der Waals surface area contributed by atoms with Crippen LogP contribution in [0.5, 0.6) is 0 Å². The molecule has 0 saturated heterocycles. The Hall–Kier alpha value is -1.60. The van der Waals surface area contributed by atoms with Crippen LogP contribution in [0.15, 0.2) is 45.9 Å². The third-order valence-corrected chi connectivity index (χ3v) is 5.67. The number of benzene rings is 2. The molecule has 0 amide bonds. The van der Waals surface area contributed by atoms with E-state index in [4.69, 9.17) is 4.74 Å². The highest BCUT2D eigenvalue weighted by Crippen LogP contribution is 2.60. The van der Waals surface area contributed by atoms with Gasteiger partial charge in [-0.3, -0.25) is 4.79 Å². The Bertz CT molecular complexity index is 953. The van der Waals surface area contributed by atoms with Gasteiger partial charge < -0.3 is 4.74 Å². The van der Waals surface area contributed by atoms with E-state index >= 15 is 0 Å². The summed E-state index contributed by atoms with van der Waals surface area (Å²) in [6.07, 6.45) is 1.89. The zero-order chi connectivity index (χ0) is 20.6. The van der Waals surface area contributed by atoms with Crippen LogP contribution in [-0.2, 0) is 16.1 Å². The smallest absolute Gasteiger partial charge is 0.310 e. The van der Waals surface area contributed by atoms with E-state index in [0.717, 1.165) is 21.6 Å². The molecule has 2 atom stereocenters. The maximum atomic E-state index is 14.8. The SMILES string of the molecule is CC1(C)[C@H](C(=O)OCc2cccc(-c3cc(F)ccc3F)c2F)[C@@H]1C=C(Br)Br. The summed E-state index contributed by atoms with van der Waals surface area (Å²) in [6.45, 7) is 3.63. The molecule has 2 aromatic carbocycles. The van der Waals surface area contributed by atoms with Crippen molar-refractivity contribution in [3.05, 3.63) is 68.9 Å². The molecule has 2 aromatic rings. The number of hydrogen-bond acceptors (Lipinski definition) is 2. The highest BCUT2D eigenvalue weighted by Gasteiger charge is 2.61. The molecule has 1 saturated carbocycles. The summed E-state index contributed by atoms with van der Waals surface area (Å²) in [4.78, 5) is 12.4. The van der Waals surface area contributed by atoms with Gasteiger partial charge in [0.25, 0.3) is 0 Å². The van der Waals surface area contributed by atoms with Crippen molar-refractivity contribution in [2.24, 2.45) is 17.3 Å². The van der Waals surface area contributed by atoms with Crippen molar-refractivity contribution in [1.82, 2.24) is 0 Å². The molecule has 2 nitrogen and oxygen atoms in total. The minimum atomic E-state index is -0.741. The molecule has 0 aliphatic heterocycles. The Labute approximate surface area is 178 Å². The first-order chi connectivity index (χ1) is 13.1. The van der Waals surface area contributed by atoms with Gasteiger partial charge in [-0.1, -0.05) is 38.1 Å². The van der Waals surface area contributed by atoms with E-state index in [2.05, 4.69) is 31.9 Å². The van der Waals surface area contributed by atoms with E-state index in [1.54, 1.807) is 0 Å². The molecule has 1 fully saturated rings. The van der Waals surface area contributed by atoms with Crippen LogP contribution in [0.4, 0.5) is 13.2 Å². The molecule has 0 aromatic heterocycles. The molecular weight excluding hydrogens is 501 g/mol. The van der Waals surface area contributed by atoms with Crippen LogP contribution < -0.4 is 0 Å². The molecule has 3 rings (SSSR count). The van der Waals surface area contributed by atoms with Gasteiger partial charge in [-0.15, -0.1) is 0 Å². The van der Waals surface area contributed by atoms with Crippen molar-refractivity contribution < 1.29 is 22.7 Å². The fourth-order valence-corrected chi connectivity index (χ4v) is 3.99. The summed E-state index contributed by atoms with van der Waals surface area (Å²) in [5.74, 6) is -2.88. The number of halogens is 5. The lowest BCUT2D eigenvalue weighted by Gasteiger charge is -2.11. The minimum absolute atomic E-state index is 0.00585. The van der Waals surface area contributed by atoms with E-state index in [1.807, 2.05) is 19.9 Å². The number of allylic oxidation sites excluding steroid dienone is 1. The van der Waals surface area contributed by atoms with Gasteiger partial charge in [0, 0.05) is 16.7 Å². The van der Waals surface area contributed by atoms with Gasteiger partial charge in [0.1, 0.15) is 24.1 Å². The first-order valence-electron chi connectivity index (χ1n) is 8.55. The van der Waals surface area contributed by atoms with Gasteiger partial charge in [-0.05, 0) is 61.4 Å². The second kappa shape index (κ2) is 8.03. The third-order valence-electron chi connectivity index (χ3n) is 5.14. The van der Waals surface area contributed by atoms with Crippen LogP contribution in [0.25, 0.3) is 11.1 Å². The van der Waals surface area contributed by atoms with Crippen LogP contribution in [0.2, 0.25) is 0 Å². The van der Waals surface area contributed by atoms with E-state index in [1.165, 1.54) is 18.2 Å². The van der Waals surface area contributed by atoms with Crippen LogP contribution in [0.1, 0.15) is 19.4 Å². The van der Waals surface area contributed by atoms with Crippen LogP contribution >= 0.6 is 31.9 Å². The Kier molecular flexibility index (Phi) is 6.05. The first kappa shape index (κ1) is 21.1. The summed E-state index contributed by atoms with van der Waals surface area (Å²) in [6, 6.07) is 7.17. The molecule has 7 heteroatoms. The number of carbonyl (C=O) groups excluding carboxylic acids is 1. The summed E-state index contributed by atoms with van der Waals surface area (Å²) in [5, 5.41) is 0. The highest BCUT2D eigenvalue weighted by molar-refractivity contribution is 9.28. The summed E-state index contributed by atoms with van der Waals surface area (Å²) in [7, 11) is 0. The Balaban J connectivity index is 1.77. The van der Waals surface area contributed by atoms with Gasteiger partial charge in [-0.2, -0.15) is 0 Å². The second-order valence-corrected chi connectivity index (χ2v) is 10.1. The number of rotatable bonds is 5. The maximum Gasteiger partial charge on any atom is 0.310 e. The van der Waals surface area contributed by atoms with Gasteiger partial charge in [0.05, 0.1) is 9.31 Å². The van der Waals surface area contributed by atoms with E-state index in [0.29, 0.717) is 0 Å². The molecule has 1 aliphatic carbocycles. The molecule has 1 aliphatic rings. The quantitative estimate of drug-likeness (QED) is 0.411. The molecule has 0 unspecified atom stereocenters. The van der Waals surface area contributed by atoms with Crippen molar-refractivity contribution in [2.45, 2.75) is 20.5 Å². The second-order valence-electron chi connectivity index (χ2n) is 7.29. The third kappa shape index (κ3) is 4.20. The van der Waals surface area contributed by atoms with Crippen LogP contribution in [-0.4, -0.2) is 5.97 Å². The summed E-state index contributed by atoms with van der Waals surface area (Å²) < 4.78 is 48.3. The largest absolute Gasteiger partial charge is 0.460 e. The molecule has 0 radical (unpaired) electrons. The zero-order valence-corrected chi connectivity index (χ0v) is 18.3. The standard InChI is InChI=1S/C21H17Br2F3O2/c1-21(2)15(9-17(22)23)18(21)20(27)28-10-11-4-3-5-13(19(11)26)14-8-12(24)6-7-16(14)25/h3-9,15,18H,10H2,1-2H3/t15-,18-/m0/s1. The topological polar surface area (TPSA) is 26.3 Å². The van der Waals surface area contributed by atoms with Gasteiger partial charge in [0.2, 0.25) is 0 Å². The monoisotopic (exact) mass is 516 g/mol. The Morgan fingerprint density at radius 3 is 2.54 bits per heavy atom. The fraction of sp³-hybridized carbons (Fsp3) is 0.286. The van der Waals surface area contributed by atoms with Crippen molar-refractivity contribution in [3.8, 4) is 11.1 Å². The predicted molar refractivity (Wildman–Crippen MR) is 108 cm³/mol. The summed E-state index contributed by atoms with van der Waals surface area (Å²) in [5.41, 5.74) is -0.418. The number of esters is 1. The molecular formula is C21H17Br2F3O2. The van der Waals surface area contributed by atoms with Gasteiger partial charge >= 0.3 is 5.97 Å². The normalized spacial score (nSPS) is 19.8. The first-order valence-corrected chi connectivity index (χ1v) is 10.1. The lowest BCUT2D eigenvalue weighted by atomic mass is 10.0. The van der Waals surface area contributed by atoms with E-state index in [9.17, 15) is 18.0 Å². The van der Waals surface area contributed by atoms with Gasteiger partial charge in [-0.25, -0.2) is 13.2 Å². The molecule has 0 heterocycles. The molecule has 0 bridgehead atoms. The van der Waals surface area contributed by atoms with Crippen molar-refractivity contribution >= 4 is 37.8 Å². The number of hydrogen-bond donors (Lipinski definition) is 0. The van der Waals surface area contributed by atoms with Crippen molar-refractivity contribution in [3.63, 3.8) is 0 Å². The Morgan fingerprint density at radius 2 is 1.86 bits per heavy atom. The molecule has 148 valence electrons.